The van der Waals surface area contributed by atoms with Crippen LogP contribution in [0.15, 0.2) is 30.3 Å². The SMILES string of the molecule is CN(CCCCc1ccccc1)C(=O)CC1CCCN1.Cl. The lowest BCUT2D eigenvalue weighted by atomic mass is 10.1. The van der Waals surface area contributed by atoms with E-state index >= 15 is 0 Å². The number of amides is 1. The summed E-state index contributed by atoms with van der Waals surface area (Å²) in [6.45, 7) is 1.94. The van der Waals surface area contributed by atoms with E-state index in [9.17, 15) is 4.79 Å². The van der Waals surface area contributed by atoms with Crippen LogP contribution >= 0.6 is 12.4 Å². The molecule has 1 aromatic rings. The van der Waals surface area contributed by atoms with E-state index in [1.807, 2.05) is 18.0 Å². The van der Waals surface area contributed by atoms with E-state index in [1.54, 1.807) is 0 Å². The fraction of sp³-hybridized carbons (Fsp3) is 0.588. The fourth-order valence-corrected chi connectivity index (χ4v) is 2.75. The number of hydrogen-bond acceptors (Lipinski definition) is 2. The average Bonchev–Trinajstić information content (AvgIpc) is 2.97. The van der Waals surface area contributed by atoms with Gasteiger partial charge < -0.3 is 10.2 Å². The van der Waals surface area contributed by atoms with Crippen molar-refractivity contribution in [2.75, 3.05) is 20.1 Å². The van der Waals surface area contributed by atoms with Gasteiger partial charge in [0.1, 0.15) is 0 Å². The van der Waals surface area contributed by atoms with Gasteiger partial charge in [0.25, 0.3) is 0 Å². The number of unbranched alkanes of at least 4 members (excludes halogenated alkanes) is 1. The molecule has 2 rings (SSSR count). The zero-order chi connectivity index (χ0) is 14.2. The molecule has 1 unspecified atom stereocenters. The Kier molecular flexibility index (Phi) is 8.40. The van der Waals surface area contributed by atoms with Crippen LogP contribution in [0.3, 0.4) is 0 Å². The Balaban J connectivity index is 0.00000220. The van der Waals surface area contributed by atoms with Crippen LogP contribution in [0.2, 0.25) is 0 Å². The summed E-state index contributed by atoms with van der Waals surface area (Å²) in [7, 11) is 1.93. The van der Waals surface area contributed by atoms with Gasteiger partial charge in [-0.15, -0.1) is 12.4 Å². The third-order valence-electron chi connectivity index (χ3n) is 4.06. The monoisotopic (exact) mass is 310 g/mol. The maximum atomic E-state index is 12.0. The third-order valence-corrected chi connectivity index (χ3v) is 4.06. The van der Waals surface area contributed by atoms with Crippen LogP contribution in [0.5, 0.6) is 0 Å². The minimum Gasteiger partial charge on any atom is -0.346 e. The topological polar surface area (TPSA) is 32.3 Å². The third kappa shape index (κ3) is 6.49. The Morgan fingerprint density at radius 3 is 2.71 bits per heavy atom. The van der Waals surface area contributed by atoms with Crippen LogP contribution in [0.1, 0.15) is 37.7 Å². The van der Waals surface area contributed by atoms with Crippen molar-refractivity contribution in [3.63, 3.8) is 0 Å². The number of carbonyl (C=O) groups is 1. The van der Waals surface area contributed by atoms with Crippen LogP contribution < -0.4 is 5.32 Å². The van der Waals surface area contributed by atoms with Crippen molar-refractivity contribution in [3.05, 3.63) is 35.9 Å². The zero-order valence-electron chi connectivity index (χ0n) is 12.9. The maximum Gasteiger partial charge on any atom is 0.223 e. The predicted octanol–water partition coefficient (Wildman–Crippen LogP) is 3.03. The minimum atomic E-state index is 0. The summed E-state index contributed by atoms with van der Waals surface area (Å²) < 4.78 is 0. The molecule has 0 aromatic heterocycles. The highest BCUT2D eigenvalue weighted by Crippen LogP contribution is 2.11. The molecule has 1 saturated heterocycles. The molecule has 1 aliphatic rings. The summed E-state index contributed by atoms with van der Waals surface area (Å²) >= 11 is 0. The van der Waals surface area contributed by atoms with Gasteiger partial charge >= 0.3 is 0 Å². The number of nitrogens with one attached hydrogen (secondary N) is 1. The van der Waals surface area contributed by atoms with Crippen LogP contribution in [-0.4, -0.2) is 37.0 Å². The number of hydrogen-bond donors (Lipinski definition) is 1. The highest BCUT2D eigenvalue weighted by Gasteiger charge is 2.19. The van der Waals surface area contributed by atoms with E-state index in [1.165, 1.54) is 12.0 Å². The molecule has 3 nitrogen and oxygen atoms in total. The van der Waals surface area contributed by atoms with Crippen molar-refractivity contribution < 1.29 is 4.79 Å². The second-order valence-electron chi connectivity index (χ2n) is 5.76. The molecular weight excluding hydrogens is 284 g/mol. The molecule has 1 aromatic carbocycles. The quantitative estimate of drug-likeness (QED) is 0.785. The van der Waals surface area contributed by atoms with Crippen molar-refractivity contribution in [1.29, 1.82) is 0 Å². The largest absolute Gasteiger partial charge is 0.346 e. The lowest BCUT2D eigenvalue weighted by Gasteiger charge is -2.19. The number of aryl methyl sites for hydroxylation is 1. The Bertz CT molecular complexity index is 405. The number of rotatable bonds is 7. The molecule has 21 heavy (non-hydrogen) atoms. The molecule has 1 aliphatic heterocycles. The first kappa shape index (κ1) is 18.0. The van der Waals surface area contributed by atoms with Crippen LogP contribution in [0.25, 0.3) is 0 Å². The molecular formula is C17H27ClN2O. The molecule has 1 atom stereocenters. The van der Waals surface area contributed by atoms with Crippen molar-refractivity contribution in [2.24, 2.45) is 0 Å². The Labute approximate surface area is 134 Å². The molecule has 0 spiro atoms. The van der Waals surface area contributed by atoms with Crippen LogP contribution in [0, 0.1) is 0 Å². The number of halogens is 1. The molecule has 1 fully saturated rings. The Morgan fingerprint density at radius 2 is 2.05 bits per heavy atom. The molecule has 0 saturated carbocycles. The van der Waals surface area contributed by atoms with Gasteiger partial charge in [0, 0.05) is 26.1 Å². The second kappa shape index (κ2) is 9.80. The highest BCUT2D eigenvalue weighted by atomic mass is 35.5. The maximum absolute atomic E-state index is 12.0. The van der Waals surface area contributed by atoms with Gasteiger partial charge in [0.2, 0.25) is 5.91 Å². The van der Waals surface area contributed by atoms with Crippen molar-refractivity contribution in [2.45, 2.75) is 44.6 Å². The molecule has 4 heteroatoms. The smallest absolute Gasteiger partial charge is 0.223 e. The normalized spacial score (nSPS) is 17.3. The van der Waals surface area contributed by atoms with Crippen molar-refractivity contribution >= 4 is 18.3 Å². The van der Waals surface area contributed by atoms with Gasteiger partial charge in [-0.1, -0.05) is 30.3 Å². The summed E-state index contributed by atoms with van der Waals surface area (Å²) in [6, 6.07) is 11.0. The minimum absolute atomic E-state index is 0. The summed E-state index contributed by atoms with van der Waals surface area (Å²) in [5.74, 6) is 0.282. The number of benzene rings is 1. The lowest BCUT2D eigenvalue weighted by molar-refractivity contribution is -0.130. The van der Waals surface area contributed by atoms with Gasteiger partial charge in [0.15, 0.2) is 0 Å². The zero-order valence-corrected chi connectivity index (χ0v) is 13.7. The van der Waals surface area contributed by atoms with Gasteiger partial charge in [-0.3, -0.25) is 4.79 Å². The van der Waals surface area contributed by atoms with E-state index in [0.29, 0.717) is 12.5 Å². The summed E-state index contributed by atoms with van der Waals surface area (Å²) in [6.07, 6.45) is 6.34. The first-order chi connectivity index (χ1) is 9.75. The van der Waals surface area contributed by atoms with Gasteiger partial charge in [-0.25, -0.2) is 0 Å². The summed E-state index contributed by atoms with van der Waals surface area (Å²) in [5, 5.41) is 3.38. The first-order valence-electron chi connectivity index (χ1n) is 7.77. The number of nitrogens with zero attached hydrogens (tertiary/aromatic N) is 1. The Hall–Kier alpha value is -1.06. The van der Waals surface area contributed by atoms with Crippen molar-refractivity contribution in [3.8, 4) is 0 Å². The van der Waals surface area contributed by atoms with E-state index < -0.39 is 0 Å². The van der Waals surface area contributed by atoms with Crippen LogP contribution in [0.4, 0.5) is 0 Å². The molecule has 0 aliphatic carbocycles. The Morgan fingerprint density at radius 1 is 1.29 bits per heavy atom. The van der Waals surface area contributed by atoms with Gasteiger partial charge in [-0.05, 0) is 44.2 Å². The van der Waals surface area contributed by atoms with E-state index in [0.717, 1.165) is 38.8 Å². The second-order valence-corrected chi connectivity index (χ2v) is 5.76. The molecule has 118 valence electrons. The lowest BCUT2D eigenvalue weighted by Crippen LogP contribution is -2.34. The predicted molar refractivity (Wildman–Crippen MR) is 89.9 cm³/mol. The standard InChI is InChI=1S/C17H26N2O.ClH/c1-19(17(20)14-16-11-7-12-18-16)13-6-5-10-15-8-3-2-4-9-15;/h2-4,8-9,16,18H,5-7,10-14H2,1H3;1H. The molecule has 1 heterocycles. The highest BCUT2D eigenvalue weighted by molar-refractivity contribution is 5.85. The molecule has 1 amide bonds. The van der Waals surface area contributed by atoms with Crippen molar-refractivity contribution in [1.82, 2.24) is 10.2 Å². The fourth-order valence-electron chi connectivity index (χ4n) is 2.75. The molecule has 0 bridgehead atoms. The average molecular weight is 311 g/mol. The van der Waals surface area contributed by atoms with Crippen LogP contribution in [-0.2, 0) is 11.2 Å². The van der Waals surface area contributed by atoms with Gasteiger partial charge in [-0.2, -0.15) is 0 Å². The van der Waals surface area contributed by atoms with E-state index in [4.69, 9.17) is 0 Å². The van der Waals surface area contributed by atoms with E-state index in [-0.39, 0.29) is 18.3 Å². The first-order valence-corrected chi connectivity index (χ1v) is 7.77. The molecule has 1 N–H and O–H groups in total. The van der Waals surface area contributed by atoms with Gasteiger partial charge in [0.05, 0.1) is 0 Å². The molecule has 0 radical (unpaired) electrons. The van der Waals surface area contributed by atoms with E-state index in [2.05, 4.69) is 29.6 Å². The summed E-state index contributed by atoms with van der Waals surface area (Å²) in [4.78, 5) is 13.9. The summed E-state index contributed by atoms with van der Waals surface area (Å²) in [5.41, 5.74) is 1.39. The number of carbonyl (C=O) groups excluding carboxylic acids is 1.